The molecular formula is C18H22N2O3. The molecule has 0 aliphatic rings. The minimum atomic E-state index is -0.660. The molecule has 5 heteroatoms. The molecule has 2 aromatic rings. The molecule has 2 amide bonds. The van der Waals surface area contributed by atoms with Crippen molar-refractivity contribution in [3.05, 3.63) is 54.0 Å². The number of amides is 2. The third kappa shape index (κ3) is 4.98. The van der Waals surface area contributed by atoms with Gasteiger partial charge in [-0.15, -0.1) is 0 Å². The second-order valence-electron chi connectivity index (χ2n) is 5.46. The molecule has 0 saturated carbocycles. The first-order valence-corrected chi connectivity index (χ1v) is 7.84. The number of anilines is 1. The van der Waals surface area contributed by atoms with Crippen molar-refractivity contribution in [2.45, 2.75) is 39.2 Å². The van der Waals surface area contributed by atoms with E-state index >= 15 is 0 Å². The van der Waals surface area contributed by atoms with Crippen molar-refractivity contribution in [2.75, 3.05) is 5.32 Å². The molecule has 0 aliphatic heterocycles. The van der Waals surface area contributed by atoms with E-state index in [1.807, 2.05) is 24.3 Å². The van der Waals surface area contributed by atoms with E-state index in [-0.39, 0.29) is 11.7 Å². The molecule has 0 radical (unpaired) electrons. The predicted molar refractivity (Wildman–Crippen MR) is 89.3 cm³/mol. The van der Waals surface area contributed by atoms with Crippen molar-refractivity contribution in [3.8, 4) is 0 Å². The summed E-state index contributed by atoms with van der Waals surface area (Å²) in [5, 5.41) is 5.39. The second kappa shape index (κ2) is 8.17. The largest absolute Gasteiger partial charge is 0.459 e. The van der Waals surface area contributed by atoms with Gasteiger partial charge in [0.2, 0.25) is 5.91 Å². The van der Waals surface area contributed by atoms with E-state index < -0.39 is 11.9 Å². The van der Waals surface area contributed by atoms with Gasteiger partial charge in [0.1, 0.15) is 6.04 Å². The van der Waals surface area contributed by atoms with Crippen molar-refractivity contribution in [2.24, 2.45) is 0 Å². The van der Waals surface area contributed by atoms with E-state index in [4.69, 9.17) is 4.42 Å². The maximum Gasteiger partial charge on any atom is 0.287 e. The summed E-state index contributed by atoms with van der Waals surface area (Å²) in [5.74, 6) is -0.497. The number of nitrogens with one attached hydrogen (secondary N) is 2. The van der Waals surface area contributed by atoms with Gasteiger partial charge in [0, 0.05) is 5.69 Å². The van der Waals surface area contributed by atoms with Crippen molar-refractivity contribution in [1.82, 2.24) is 5.32 Å². The Morgan fingerprint density at radius 3 is 2.52 bits per heavy atom. The number of hydrogen-bond acceptors (Lipinski definition) is 3. The lowest BCUT2D eigenvalue weighted by Gasteiger charge is -2.13. The Morgan fingerprint density at radius 1 is 1.17 bits per heavy atom. The molecule has 1 atom stereocenters. The average molecular weight is 314 g/mol. The molecule has 1 aromatic carbocycles. The summed E-state index contributed by atoms with van der Waals surface area (Å²) in [6, 6.07) is 10.3. The maximum absolute atomic E-state index is 12.1. The highest BCUT2D eigenvalue weighted by Crippen LogP contribution is 2.12. The van der Waals surface area contributed by atoms with E-state index in [1.54, 1.807) is 19.1 Å². The van der Waals surface area contributed by atoms with Crippen LogP contribution in [0.3, 0.4) is 0 Å². The molecule has 1 heterocycles. The van der Waals surface area contributed by atoms with Crippen molar-refractivity contribution in [3.63, 3.8) is 0 Å². The summed E-state index contributed by atoms with van der Waals surface area (Å²) in [5.41, 5.74) is 1.97. The highest BCUT2D eigenvalue weighted by atomic mass is 16.3. The number of rotatable bonds is 7. The Hall–Kier alpha value is -2.56. The van der Waals surface area contributed by atoms with Gasteiger partial charge < -0.3 is 15.1 Å². The Labute approximate surface area is 136 Å². The van der Waals surface area contributed by atoms with Gasteiger partial charge >= 0.3 is 0 Å². The van der Waals surface area contributed by atoms with E-state index in [9.17, 15) is 9.59 Å². The topological polar surface area (TPSA) is 71.3 Å². The third-order valence-electron chi connectivity index (χ3n) is 3.53. The zero-order valence-corrected chi connectivity index (χ0v) is 13.5. The van der Waals surface area contributed by atoms with Crippen LogP contribution in [0.2, 0.25) is 0 Å². The van der Waals surface area contributed by atoms with Gasteiger partial charge in [-0.25, -0.2) is 0 Å². The molecule has 23 heavy (non-hydrogen) atoms. The van der Waals surface area contributed by atoms with Crippen LogP contribution in [0.15, 0.2) is 47.1 Å². The predicted octanol–water partition coefficient (Wildman–Crippen LogP) is 3.38. The molecule has 2 rings (SSSR count). The van der Waals surface area contributed by atoms with Gasteiger partial charge in [0.15, 0.2) is 5.76 Å². The van der Waals surface area contributed by atoms with Gasteiger partial charge in [-0.05, 0) is 49.6 Å². The molecule has 0 fully saturated rings. The monoisotopic (exact) mass is 314 g/mol. The molecule has 0 spiro atoms. The van der Waals surface area contributed by atoms with Crippen LogP contribution in [-0.4, -0.2) is 17.9 Å². The highest BCUT2D eigenvalue weighted by molar-refractivity contribution is 5.99. The Morgan fingerprint density at radius 2 is 1.91 bits per heavy atom. The van der Waals surface area contributed by atoms with Gasteiger partial charge in [0.25, 0.3) is 5.91 Å². The summed E-state index contributed by atoms with van der Waals surface area (Å²) in [6.07, 6.45) is 4.77. The van der Waals surface area contributed by atoms with Crippen LogP contribution < -0.4 is 10.6 Å². The molecule has 0 saturated heterocycles. The number of unbranched alkanes of at least 4 members (excludes halogenated alkanes) is 1. The Bertz CT molecular complexity index is 633. The van der Waals surface area contributed by atoms with Gasteiger partial charge in [-0.3, -0.25) is 9.59 Å². The van der Waals surface area contributed by atoms with Crippen LogP contribution in [0, 0.1) is 0 Å². The van der Waals surface area contributed by atoms with Crippen molar-refractivity contribution < 1.29 is 14.0 Å². The van der Waals surface area contributed by atoms with Crippen LogP contribution in [0.1, 0.15) is 42.8 Å². The summed E-state index contributed by atoms with van der Waals surface area (Å²) in [7, 11) is 0. The number of carbonyl (C=O) groups is 2. The Kier molecular flexibility index (Phi) is 5.97. The number of benzene rings is 1. The van der Waals surface area contributed by atoms with Gasteiger partial charge in [0.05, 0.1) is 6.26 Å². The third-order valence-corrected chi connectivity index (χ3v) is 3.53. The fourth-order valence-corrected chi connectivity index (χ4v) is 2.13. The summed E-state index contributed by atoms with van der Waals surface area (Å²) in [4.78, 5) is 24.0. The standard InChI is InChI=1S/C18H22N2O3/c1-3-4-6-14-8-10-15(11-9-14)20-17(21)13(2)19-18(22)16-7-5-12-23-16/h5,7-13H,3-4,6H2,1-2H3,(H,19,22)(H,20,21)/t13-/m0/s1. The zero-order chi connectivity index (χ0) is 16.7. The Balaban J connectivity index is 1.86. The molecule has 2 N–H and O–H groups in total. The lowest BCUT2D eigenvalue weighted by atomic mass is 10.1. The van der Waals surface area contributed by atoms with Gasteiger partial charge in [-0.2, -0.15) is 0 Å². The van der Waals surface area contributed by atoms with E-state index in [1.165, 1.54) is 11.8 Å². The van der Waals surface area contributed by atoms with E-state index in [2.05, 4.69) is 17.6 Å². The second-order valence-corrected chi connectivity index (χ2v) is 5.46. The smallest absolute Gasteiger partial charge is 0.287 e. The van der Waals surface area contributed by atoms with Crippen LogP contribution in [0.5, 0.6) is 0 Å². The highest BCUT2D eigenvalue weighted by Gasteiger charge is 2.18. The fourth-order valence-electron chi connectivity index (χ4n) is 2.13. The molecule has 1 aromatic heterocycles. The zero-order valence-electron chi connectivity index (χ0n) is 13.5. The molecule has 0 aliphatic carbocycles. The number of furan rings is 1. The van der Waals surface area contributed by atoms with Crippen LogP contribution in [-0.2, 0) is 11.2 Å². The van der Waals surface area contributed by atoms with E-state index in [0.29, 0.717) is 5.69 Å². The maximum atomic E-state index is 12.1. The number of hydrogen-bond donors (Lipinski definition) is 2. The summed E-state index contributed by atoms with van der Waals surface area (Å²) in [6.45, 7) is 3.79. The first-order valence-electron chi connectivity index (χ1n) is 7.84. The number of carbonyl (C=O) groups excluding carboxylic acids is 2. The molecule has 0 unspecified atom stereocenters. The van der Waals surface area contributed by atoms with Crippen LogP contribution >= 0.6 is 0 Å². The van der Waals surface area contributed by atoms with Crippen molar-refractivity contribution in [1.29, 1.82) is 0 Å². The average Bonchev–Trinajstić information content (AvgIpc) is 3.08. The fraction of sp³-hybridized carbons (Fsp3) is 0.333. The summed E-state index contributed by atoms with van der Waals surface area (Å²) >= 11 is 0. The molecule has 5 nitrogen and oxygen atoms in total. The van der Waals surface area contributed by atoms with Crippen LogP contribution in [0.25, 0.3) is 0 Å². The molecular weight excluding hydrogens is 292 g/mol. The normalized spacial score (nSPS) is 11.7. The first kappa shape index (κ1) is 16.8. The van der Waals surface area contributed by atoms with Crippen molar-refractivity contribution >= 4 is 17.5 Å². The molecule has 122 valence electrons. The molecule has 0 bridgehead atoms. The summed E-state index contributed by atoms with van der Waals surface area (Å²) < 4.78 is 5.00. The lowest BCUT2D eigenvalue weighted by Crippen LogP contribution is -2.41. The first-order chi connectivity index (χ1) is 11.1. The minimum Gasteiger partial charge on any atom is -0.459 e. The quantitative estimate of drug-likeness (QED) is 0.823. The minimum absolute atomic E-state index is 0.185. The van der Waals surface area contributed by atoms with Crippen LogP contribution in [0.4, 0.5) is 5.69 Å². The SMILES string of the molecule is CCCCc1ccc(NC(=O)[C@H](C)NC(=O)c2ccco2)cc1. The number of aryl methyl sites for hydroxylation is 1. The van der Waals surface area contributed by atoms with Gasteiger partial charge in [-0.1, -0.05) is 25.5 Å². The van der Waals surface area contributed by atoms with E-state index in [0.717, 1.165) is 19.3 Å². The lowest BCUT2D eigenvalue weighted by molar-refractivity contribution is -0.117.